The first-order valence-corrected chi connectivity index (χ1v) is 7.86. The Bertz CT molecular complexity index is 490. The van der Waals surface area contributed by atoms with Gasteiger partial charge in [-0.25, -0.2) is 0 Å². The van der Waals surface area contributed by atoms with E-state index in [1.807, 2.05) is 6.92 Å². The van der Waals surface area contributed by atoms with Crippen LogP contribution >= 0.6 is 0 Å². The van der Waals surface area contributed by atoms with E-state index in [0.29, 0.717) is 24.7 Å². The summed E-state index contributed by atoms with van der Waals surface area (Å²) in [5.41, 5.74) is -0.700. The maximum Gasteiger partial charge on any atom is 0.321 e. The van der Waals surface area contributed by atoms with Crippen LogP contribution in [0.25, 0.3) is 0 Å². The summed E-state index contributed by atoms with van der Waals surface area (Å²) in [7, 11) is 0. The average Bonchev–Trinajstić information content (AvgIpc) is 2.88. The van der Waals surface area contributed by atoms with E-state index in [1.165, 1.54) is 6.42 Å². The summed E-state index contributed by atoms with van der Waals surface area (Å²) in [5.74, 6) is 0.811. The molecule has 1 aromatic heterocycles. The van der Waals surface area contributed by atoms with Crippen molar-refractivity contribution in [2.75, 3.05) is 13.2 Å². The van der Waals surface area contributed by atoms with E-state index >= 15 is 0 Å². The lowest BCUT2D eigenvalue weighted by molar-refractivity contribution is -0.155. The standard InChI is InChI=1S/C15H22N2O4/c1-2-19-14(18)15(7-5-8-15)13-16-12(17-21-13)10-11-6-3-4-9-20-11/h11H,2-10H2,1H3. The Morgan fingerprint density at radius 3 is 2.86 bits per heavy atom. The minimum Gasteiger partial charge on any atom is -0.465 e. The van der Waals surface area contributed by atoms with E-state index in [9.17, 15) is 4.79 Å². The van der Waals surface area contributed by atoms with Crippen LogP contribution in [0.2, 0.25) is 0 Å². The van der Waals surface area contributed by atoms with Gasteiger partial charge in [0.05, 0.1) is 12.7 Å². The van der Waals surface area contributed by atoms with Gasteiger partial charge < -0.3 is 14.0 Å². The molecular formula is C15H22N2O4. The number of esters is 1. The van der Waals surface area contributed by atoms with E-state index < -0.39 is 5.41 Å². The number of hydrogen-bond donors (Lipinski definition) is 0. The van der Waals surface area contributed by atoms with Crippen molar-refractivity contribution >= 4 is 5.97 Å². The van der Waals surface area contributed by atoms with Crippen LogP contribution in [0, 0.1) is 0 Å². The van der Waals surface area contributed by atoms with Gasteiger partial charge in [-0.05, 0) is 39.0 Å². The number of ether oxygens (including phenoxy) is 2. The van der Waals surface area contributed by atoms with Gasteiger partial charge in [0.2, 0.25) is 5.89 Å². The van der Waals surface area contributed by atoms with Crippen molar-refractivity contribution in [3.63, 3.8) is 0 Å². The second kappa shape index (κ2) is 6.13. The summed E-state index contributed by atoms with van der Waals surface area (Å²) in [6.07, 6.45) is 6.62. The Hall–Kier alpha value is -1.43. The van der Waals surface area contributed by atoms with Crippen LogP contribution in [0.4, 0.5) is 0 Å². The maximum atomic E-state index is 12.2. The first-order valence-electron chi connectivity index (χ1n) is 7.86. The predicted molar refractivity (Wildman–Crippen MR) is 73.8 cm³/mol. The Morgan fingerprint density at radius 2 is 2.24 bits per heavy atom. The minimum atomic E-state index is -0.700. The van der Waals surface area contributed by atoms with Crippen LogP contribution in [0.5, 0.6) is 0 Å². The zero-order valence-electron chi connectivity index (χ0n) is 12.5. The zero-order chi connectivity index (χ0) is 14.7. The van der Waals surface area contributed by atoms with Crippen LogP contribution < -0.4 is 0 Å². The molecule has 0 spiro atoms. The molecule has 1 saturated carbocycles. The van der Waals surface area contributed by atoms with Crippen LogP contribution in [-0.2, 0) is 26.1 Å². The molecule has 1 atom stereocenters. The van der Waals surface area contributed by atoms with Crippen LogP contribution in [0.1, 0.15) is 57.2 Å². The highest BCUT2D eigenvalue weighted by Gasteiger charge is 2.51. The molecule has 0 N–H and O–H groups in total. The molecule has 2 heterocycles. The predicted octanol–water partition coefficient (Wildman–Crippen LogP) is 2.17. The monoisotopic (exact) mass is 294 g/mol. The number of carbonyl (C=O) groups excluding carboxylic acids is 1. The summed E-state index contributed by atoms with van der Waals surface area (Å²) < 4.78 is 16.2. The van der Waals surface area contributed by atoms with Crippen LogP contribution in [0.15, 0.2) is 4.52 Å². The third-order valence-corrected chi connectivity index (χ3v) is 4.43. The molecule has 0 radical (unpaired) electrons. The molecule has 6 nitrogen and oxygen atoms in total. The van der Waals surface area contributed by atoms with Crippen LogP contribution in [-0.4, -0.2) is 35.4 Å². The molecule has 6 heteroatoms. The van der Waals surface area contributed by atoms with Gasteiger partial charge in [-0.2, -0.15) is 4.98 Å². The lowest BCUT2D eigenvalue weighted by Gasteiger charge is -2.35. The fraction of sp³-hybridized carbons (Fsp3) is 0.800. The third kappa shape index (κ3) is 2.81. The molecule has 1 unspecified atom stereocenters. The van der Waals surface area contributed by atoms with E-state index in [0.717, 1.165) is 38.7 Å². The largest absolute Gasteiger partial charge is 0.465 e. The smallest absolute Gasteiger partial charge is 0.321 e. The summed E-state index contributed by atoms with van der Waals surface area (Å²) in [6.45, 7) is 2.99. The molecule has 0 amide bonds. The lowest BCUT2D eigenvalue weighted by atomic mass is 9.68. The van der Waals surface area contributed by atoms with Crippen molar-refractivity contribution < 1.29 is 18.8 Å². The van der Waals surface area contributed by atoms with E-state index in [2.05, 4.69) is 10.1 Å². The van der Waals surface area contributed by atoms with Crippen molar-refractivity contribution in [1.29, 1.82) is 0 Å². The van der Waals surface area contributed by atoms with Gasteiger partial charge in [-0.3, -0.25) is 4.79 Å². The molecule has 3 rings (SSSR count). The number of hydrogen-bond acceptors (Lipinski definition) is 6. The maximum absolute atomic E-state index is 12.2. The normalized spacial score (nSPS) is 24.3. The summed E-state index contributed by atoms with van der Waals surface area (Å²) in [5, 5.41) is 4.03. The molecule has 1 saturated heterocycles. The van der Waals surface area contributed by atoms with Crippen molar-refractivity contribution in [2.24, 2.45) is 0 Å². The summed E-state index contributed by atoms with van der Waals surface area (Å²) in [6, 6.07) is 0. The highest BCUT2D eigenvalue weighted by atomic mass is 16.5. The molecule has 1 aliphatic heterocycles. The lowest BCUT2D eigenvalue weighted by Crippen LogP contribution is -2.44. The SMILES string of the molecule is CCOC(=O)C1(c2nc(CC3CCCCO3)no2)CCC1. The van der Waals surface area contributed by atoms with Gasteiger partial charge in [0.15, 0.2) is 5.82 Å². The van der Waals surface area contributed by atoms with Gasteiger partial charge in [0.25, 0.3) is 0 Å². The summed E-state index contributed by atoms with van der Waals surface area (Å²) >= 11 is 0. The molecule has 1 aromatic rings. The van der Waals surface area contributed by atoms with Gasteiger partial charge in [0, 0.05) is 13.0 Å². The Labute approximate surface area is 124 Å². The number of aromatic nitrogens is 2. The zero-order valence-corrected chi connectivity index (χ0v) is 12.5. The van der Waals surface area contributed by atoms with E-state index in [-0.39, 0.29) is 12.1 Å². The Morgan fingerprint density at radius 1 is 1.38 bits per heavy atom. The first-order chi connectivity index (χ1) is 10.2. The molecule has 0 bridgehead atoms. The van der Waals surface area contributed by atoms with E-state index in [4.69, 9.17) is 14.0 Å². The van der Waals surface area contributed by atoms with Crippen LogP contribution in [0.3, 0.4) is 0 Å². The first kappa shape index (κ1) is 14.5. The Kier molecular flexibility index (Phi) is 4.24. The number of carbonyl (C=O) groups is 1. The molecule has 1 aliphatic carbocycles. The molecular weight excluding hydrogens is 272 g/mol. The molecule has 2 aliphatic rings. The minimum absolute atomic E-state index is 0.170. The van der Waals surface area contributed by atoms with Gasteiger partial charge >= 0.3 is 5.97 Å². The van der Waals surface area contributed by atoms with Crippen molar-refractivity contribution in [3.05, 3.63) is 11.7 Å². The number of rotatable bonds is 5. The number of nitrogens with zero attached hydrogens (tertiary/aromatic N) is 2. The Balaban J connectivity index is 1.69. The fourth-order valence-corrected chi connectivity index (χ4v) is 3.01. The highest BCUT2D eigenvalue weighted by Crippen LogP contribution is 2.44. The third-order valence-electron chi connectivity index (χ3n) is 4.43. The topological polar surface area (TPSA) is 74.5 Å². The van der Waals surface area contributed by atoms with E-state index in [1.54, 1.807) is 0 Å². The fourth-order valence-electron chi connectivity index (χ4n) is 3.01. The quantitative estimate of drug-likeness (QED) is 0.775. The van der Waals surface area contributed by atoms with Crippen molar-refractivity contribution in [2.45, 2.75) is 63.4 Å². The summed E-state index contributed by atoms with van der Waals surface area (Å²) in [4.78, 5) is 16.6. The second-order valence-corrected chi connectivity index (χ2v) is 5.86. The van der Waals surface area contributed by atoms with Gasteiger partial charge in [0.1, 0.15) is 5.41 Å². The molecule has 21 heavy (non-hydrogen) atoms. The van der Waals surface area contributed by atoms with Crippen molar-refractivity contribution in [1.82, 2.24) is 10.1 Å². The molecule has 2 fully saturated rings. The average molecular weight is 294 g/mol. The highest BCUT2D eigenvalue weighted by molar-refractivity contribution is 5.82. The van der Waals surface area contributed by atoms with Gasteiger partial charge in [-0.15, -0.1) is 0 Å². The van der Waals surface area contributed by atoms with Crippen molar-refractivity contribution in [3.8, 4) is 0 Å². The molecule has 116 valence electrons. The van der Waals surface area contributed by atoms with Gasteiger partial charge in [-0.1, -0.05) is 11.6 Å². The second-order valence-electron chi connectivity index (χ2n) is 5.86. The molecule has 0 aromatic carbocycles.